The quantitative estimate of drug-likeness (QED) is 0.861. The van der Waals surface area contributed by atoms with Crippen molar-refractivity contribution in [3.05, 3.63) is 40.7 Å². The zero-order valence-corrected chi connectivity index (χ0v) is 12.8. The van der Waals surface area contributed by atoms with Crippen LogP contribution in [0.2, 0.25) is 5.02 Å². The van der Waals surface area contributed by atoms with Crippen molar-refractivity contribution in [3.8, 4) is 0 Å². The molecule has 0 fully saturated rings. The van der Waals surface area contributed by atoms with E-state index in [2.05, 4.69) is 33.6 Å². The fraction of sp³-hybridized carbons (Fsp3) is 0.333. The smallest absolute Gasteiger partial charge is 0.135 e. The van der Waals surface area contributed by atoms with Crippen LogP contribution in [-0.2, 0) is 0 Å². The monoisotopic (exact) mass is 290 g/mol. The fourth-order valence-corrected chi connectivity index (χ4v) is 2.35. The molecular formula is C15H19ClN4. The van der Waals surface area contributed by atoms with E-state index >= 15 is 0 Å². The van der Waals surface area contributed by atoms with Gasteiger partial charge in [-0.05, 0) is 37.5 Å². The highest BCUT2D eigenvalue weighted by molar-refractivity contribution is 6.33. The van der Waals surface area contributed by atoms with E-state index in [4.69, 9.17) is 11.6 Å². The zero-order valence-electron chi connectivity index (χ0n) is 12.0. The molecule has 1 aromatic heterocycles. The molecule has 2 rings (SSSR count). The van der Waals surface area contributed by atoms with Crippen molar-refractivity contribution in [1.82, 2.24) is 9.97 Å². The van der Waals surface area contributed by atoms with Crippen LogP contribution in [0.3, 0.4) is 0 Å². The van der Waals surface area contributed by atoms with Crippen molar-refractivity contribution < 1.29 is 0 Å². The van der Waals surface area contributed by atoms with Crippen LogP contribution in [0, 0.1) is 13.8 Å². The summed E-state index contributed by atoms with van der Waals surface area (Å²) >= 11 is 6.29. The van der Waals surface area contributed by atoms with E-state index in [9.17, 15) is 0 Å². The second-order valence-electron chi connectivity index (χ2n) is 4.78. The van der Waals surface area contributed by atoms with E-state index < -0.39 is 0 Å². The fourth-order valence-electron chi connectivity index (χ4n) is 1.98. The number of hydrogen-bond donors (Lipinski definition) is 2. The summed E-state index contributed by atoms with van der Waals surface area (Å²) in [5.41, 5.74) is 3.13. The van der Waals surface area contributed by atoms with Gasteiger partial charge in [0.15, 0.2) is 0 Å². The highest BCUT2D eigenvalue weighted by Crippen LogP contribution is 2.29. The Morgan fingerprint density at radius 2 is 1.85 bits per heavy atom. The van der Waals surface area contributed by atoms with Gasteiger partial charge in [0.2, 0.25) is 0 Å². The Bertz CT molecular complexity index is 575. The minimum Gasteiger partial charge on any atom is -0.370 e. The molecule has 0 unspecified atom stereocenters. The van der Waals surface area contributed by atoms with Gasteiger partial charge in [-0.25, -0.2) is 9.97 Å². The lowest BCUT2D eigenvalue weighted by Gasteiger charge is -2.12. The summed E-state index contributed by atoms with van der Waals surface area (Å²) in [4.78, 5) is 8.41. The average Bonchev–Trinajstić information content (AvgIpc) is 2.41. The van der Waals surface area contributed by atoms with Crippen LogP contribution in [0.4, 0.5) is 17.3 Å². The molecule has 5 heteroatoms. The summed E-state index contributed by atoms with van der Waals surface area (Å²) in [7, 11) is 0. The van der Waals surface area contributed by atoms with E-state index in [0.29, 0.717) is 5.02 Å². The van der Waals surface area contributed by atoms with Gasteiger partial charge in [0.05, 0.1) is 10.7 Å². The number of hydrogen-bond acceptors (Lipinski definition) is 4. The topological polar surface area (TPSA) is 49.8 Å². The van der Waals surface area contributed by atoms with Gasteiger partial charge in [0.1, 0.15) is 18.0 Å². The third kappa shape index (κ3) is 3.61. The molecule has 0 aliphatic rings. The van der Waals surface area contributed by atoms with Gasteiger partial charge in [-0.2, -0.15) is 0 Å². The molecule has 0 atom stereocenters. The molecule has 0 amide bonds. The van der Waals surface area contributed by atoms with Crippen LogP contribution in [-0.4, -0.2) is 16.5 Å². The average molecular weight is 291 g/mol. The number of rotatable bonds is 5. The number of nitrogens with zero attached hydrogens (tertiary/aromatic N) is 2. The maximum Gasteiger partial charge on any atom is 0.135 e. The van der Waals surface area contributed by atoms with E-state index in [0.717, 1.165) is 41.4 Å². The molecule has 0 saturated carbocycles. The summed E-state index contributed by atoms with van der Waals surface area (Å²) in [5.74, 6) is 1.54. The predicted octanol–water partition coefficient (Wildman–Crippen LogP) is 4.31. The van der Waals surface area contributed by atoms with Crippen LogP contribution in [0.25, 0.3) is 0 Å². The van der Waals surface area contributed by atoms with Crippen molar-refractivity contribution in [3.63, 3.8) is 0 Å². The highest BCUT2D eigenvalue weighted by atomic mass is 35.5. The summed E-state index contributed by atoms with van der Waals surface area (Å²) < 4.78 is 0. The van der Waals surface area contributed by atoms with E-state index in [1.165, 1.54) is 6.33 Å². The molecule has 2 N–H and O–H groups in total. The van der Waals surface area contributed by atoms with E-state index in [1.807, 2.05) is 26.0 Å². The number of aromatic nitrogens is 2. The zero-order chi connectivity index (χ0) is 14.5. The number of halogens is 1. The van der Waals surface area contributed by atoms with Gasteiger partial charge in [-0.3, -0.25) is 0 Å². The van der Waals surface area contributed by atoms with Crippen LogP contribution >= 0.6 is 11.6 Å². The number of anilines is 3. The molecule has 0 aliphatic heterocycles. The Labute approximate surface area is 124 Å². The van der Waals surface area contributed by atoms with Gasteiger partial charge in [-0.15, -0.1) is 0 Å². The molecule has 0 bridgehead atoms. The third-order valence-electron chi connectivity index (χ3n) is 2.91. The first kappa shape index (κ1) is 14.6. The number of nitrogens with one attached hydrogen (secondary N) is 2. The van der Waals surface area contributed by atoms with Crippen molar-refractivity contribution >= 4 is 28.9 Å². The second kappa shape index (κ2) is 6.57. The molecular weight excluding hydrogens is 272 g/mol. The Balaban J connectivity index is 2.22. The van der Waals surface area contributed by atoms with Crippen molar-refractivity contribution in [2.45, 2.75) is 27.2 Å². The molecule has 1 aromatic carbocycles. The molecule has 106 valence electrons. The van der Waals surface area contributed by atoms with Gasteiger partial charge in [-0.1, -0.05) is 24.6 Å². The van der Waals surface area contributed by atoms with Crippen LogP contribution in [0.15, 0.2) is 24.5 Å². The predicted molar refractivity (Wildman–Crippen MR) is 85.0 cm³/mol. The van der Waals surface area contributed by atoms with Crippen molar-refractivity contribution in [2.75, 3.05) is 17.2 Å². The summed E-state index contributed by atoms with van der Waals surface area (Å²) in [6.45, 7) is 7.06. The first-order valence-corrected chi connectivity index (χ1v) is 7.07. The maximum absolute atomic E-state index is 6.29. The molecule has 0 spiro atoms. The first-order valence-electron chi connectivity index (χ1n) is 6.70. The lowest BCUT2D eigenvalue weighted by molar-refractivity contribution is 0.965. The van der Waals surface area contributed by atoms with Crippen molar-refractivity contribution in [1.29, 1.82) is 0 Å². The second-order valence-corrected chi connectivity index (χ2v) is 5.19. The van der Waals surface area contributed by atoms with Crippen molar-refractivity contribution in [2.24, 2.45) is 0 Å². The van der Waals surface area contributed by atoms with E-state index in [-0.39, 0.29) is 0 Å². The van der Waals surface area contributed by atoms with Gasteiger partial charge in [0.25, 0.3) is 0 Å². The standard InChI is InChI=1S/C15H19ClN4/c1-4-5-17-13-8-14(19-9-18-13)20-15-11(3)6-10(2)7-12(15)16/h6-9H,4-5H2,1-3H3,(H2,17,18,19,20). The molecule has 0 saturated heterocycles. The number of aryl methyl sites for hydroxylation is 2. The largest absolute Gasteiger partial charge is 0.370 e. The van der Waals surface area contributed by atoms with Gasteiger partial charge in [0, 0.05) is 12.6 Å². The Hall–Kier alpha value is -1.81. The Morgan fingerprint density at radius 1 is 1.10 bits per heavy atom. The molecule has 4 nitrogen and oxygen atoms in total. The minimum atomic E-state index is 0.698. The Kier molecular flexibility index (Phi) is 4.79. The normalized spacial score (nSPS) is 10.4. The lowest BCUT2D eigenvalue weighted by Crippen LogP contribution is -2.04. The van der Waals surface area contributed by atoms with Crippen LogP contribution in [0.5, 0.6) is 0 Å². The molecule has 1 heterocycles. The Morgan fingerprint density at radius 3 is 2.55 bits per heavy atom. The maximum atomic E-state index is 6.29. The molecule has 0 radical (unpaired) electrons. The molecule has 2 aromatic rings. The minimum absolute atomic E-state index is 0.698. The summed E-state index contributed by atoms with van der Waals surface area (Å²) in [6.07, 6.45) is 2.59. The van der Waals surface area contributed by atoms with Gasteiger partial charge < -0.3 is 10.6 Å². The summed E-state index contributed by atoms with van der Waals surface area (Å²) in [6, 6.07) is 5.91. The third-order valence-corrected chi connectivity index (χ3v) is 3.21. The van der Waals surface area contributed by atoms with Gasteiger partial charge >= 0.3 is 0 Å². The molecule has 20 heavy (non-hydrogen) atoms. The molecule has 0 aliphatic carbocycles. The highest BCUT2D eigenvalue weighted by Gasteiger charge is 2.07. The number of benzene rings is 1. The van der Waals surface area contributed by atoms with E-state index in [1.54, 1.807) is 0 Å². The summed E-state index contributed by atoms with van der Waals surface area (Å²) in [5, 5.41) is 7.19. The first-order chi connectivity index (χ1) is 9.60. The van der Waals surface area contributed by atoms with Crippen LogP contribution in [0.1, 0.15) is 24.5 Å². The van der Waals surface area contributed by atoms with Crippen LogP contribution < -0.4 is 10.6 Å². The lowest BCUT2D eigenvalue weighted by atomic mass is 10.1. The SMILES string of the molecule is CCCNc1cc(Nc2c(C)cc(C)cc2Cl)ncn1.